The second-order valence-corrected chi connectivity index (χ2v) is 6.65. The molecule has 0 aliphatic heterocycles. The number of hydrogen-bond donors (Lipinski definition) is 1. The molecule has 0 aliphatic rings. The van der Waals surface area contributed by atoms with E-state index in [-0.39, 0.29) is 5.95 Å². The van der Waals surface area contributed by atoms with Gasteiger partial charge in [-0.15, -0.1) is 11.3 Å². The first-order chi connectivity index (χ1) is 10.9. The minimum Gasteiger partial charge on any atom is -0.354 e. The molecule has 2 aromatic heterocycles. The van der Waals surface area contributed by atoms with Gasteiger partial charge in [0.25, 0.3) is 0 Å². The molecule has 126 valence electrons. The Morgan fingerprint density at radius 3 is 2.52 bits per heavy atom. The minimum atomic E-state index is -4.48. The van der Waals surface area contributed by atoms with Gasteiger partial charge in [-0.2, -0.15) is 13.2 Å². The van der Waals surface area contributed by atoms with E-state index in [0.717, 1.165) is 36.6 Å². The van der Waals surface area contributed by atoms with Gasteiger partial charge in [-0.1, -0.05) is 26.2 Å². The average Bonchev–Trinajstić information content (AvgIpc) is 2.92. The Labute approximate surface area is 138 Å². The number of nitrogens with zero attached hydrogens (tertiary/aromatic N) is 2. The quantitative estimate of drug-likeness (QED) is 0.672. The summed E-state index contributed by atoms with van der Waals surface area (Å²) in [5, 5.41) is 2.92. The van der Waals surface area contributed by atoms with E-state index in [2.05, 4.69) is 22.2 Å². The molecule has 23 heavy (non-hydrogen) atoms. The molecule has 7 heteroatoms. The summed E-state index contributed by atoms with van der Waals surface area (Å²) in [5.74, 6) is 0.0392. The molecule has 0 aromatic carbocycles. The Morgan fingerprint density at radius 1 is 1.13 bits per heavy atom. The van der Waals surface area contributed by atoms with Crippen LogP contribution < -0.4 is 5.32 Å². The maximum atomic E-state index is 13.0. The summed E-state index contributed by atoms with van der Waals surface area (Å²) in [4.78, 5) is 9.59. The SMILES string of the molecule is CCCCCCNc1nc(-c2ccc(C)s2)cc(C(F)(F)F)n1. The Morgan fingerprint density at radius 2 is 1.91 bits per heavy atom. The van der Waals surface area contributed by atoms with Gasteiger partial charge in [-0.05, 0) is 31.5 Å². The van der Waals surface area contributed by atoms with Crippen LogP contribution in [0.1, 0.15) is 43.2 Å². The third kappa shape index (κ3) is 5.20. The number of anilines is 1. The molecule has 0 saturated heterocycles. The molecule has 0 bridgehead atoms. The molecule has 0 fully saturated rings. The second-order valence-electron chi connectivity index (χ2n) is 5.36. The number of halogens is 3. The van der Waals surface area contributed by atoms with Crippen LogP contribution in [0, 0.1) is 6.92 Å². The van der Waals surface area contributed by atoms with Crippen molar-refractivity contribution < 1.29 is 13.2 Å². The lowest BCUT2D eigenvalue weighted by Crippen LogP contribution is -2.13. The smallest absolute Gasteiger partial charge is 0.354 e. The summed E-state index contributed by atoms with van der Waals surface area (Å²) >= 11 is 1.42. The van der Waals surface area contributed by atoms with Crippen molar-refractivity contribution in [2.45, 2.75) is 45.7 Å². The van der Waals surface area contributed by atoms with Crippen molar-refractivity contribution in [1.82, 2.24) is 9.97 Å². The van der Waals surface area contributed by atoms with Gasteiger partial charge in [0.1, 0.15) is 0 Å². The van der Waals surface area contributed by atoms with Gasteiger partial charge in [0.15, 0.2) is 5.69 Å². The average molecular weight is 343 g/mol. The normalized spacial score (nSPS) is 11.7. The van der Waals surface area contributed by atoms with Crippen LogP contribution in [0.25, 0.3) is 10.6 Å². The van der Waals surface area contributed by atoms with Gasteiger partial charge in [0, 0.05) is 11.4 Å². The van der Waals surface area contributed by atoms with Crippen molar-refractivity contribution in [3.63, 3.8) is 0 Å². The Bertz CT molecular complexity index is 638. The molecular formula is C16H20F3N3S. The zero-order valence-electron chi connectivity index (χ0n) is 13.2. The third-order valence-corrected chi connectivity index (χ3v) is 4.35. The summed E-state index contributed by atoms with van der Waals surface area (Å²) in [5.41, 5.74) is -0.605. The van der Waals surface area contributed by atoms with Crippen molar-refractivity contribution in [3.05, 3.63) is 28.8 Å². The van der Waals surface area contributed by atoms with Crippen LogP contribution in [-0.2, 0) is 6.18 Å². The lowest BCUT2D eigenvalue weighted by molar-refractivity contribution is -0.141. The van der Waals surface area contributed by atoms with Crippen molar-refractivity contribution in [2.24, 2.45) is 0 Å². The van der Waals surface area contributed by atoms with E-state index in [1.165, 1.54) is 11.3 Å². The summed E-state index contributed by atoms with van der Waals surface area (Å²) in [6.45, 7) is 4.59. The van der Waals surface area contributed by atoms with Gasteiger partial charge in [0.05, 0.1) is 10.6 Å². The maximum Gasteiger partial charge on any atom is 0.433 e. The van der Waals surface area contributed by atoms with E-state index < -0.39 is 11.9 Å². The van der Waals surface area contributed by atoms with Crippen LogP contribution in [0.5, 0.6) is 0 Å². The largest absolute Gasteiger partial charge is 0.433 e. The summed E-state index contributed by atoms with van der Waals surface area (Å²) < 4.78 is 39.1. The molecule has 3 nitrogen and oxygen atoms in total. The van der Waals surface area contributed by atoms with E-state index >= 15 is 0 Å². The number of aromatic nitrogens is 2. The standard InChI is InChI=1S/C16H20F3N3S/c1-3-4-5-6-9-20-15-21-12(13-8-7-11(2)23-13)10-14(22-15)16(17,18)19/h7-8,10H,3-6,9H2,1-2H3,(H,20,21,22). The highest BCUT2D eigenvalue weighted by molar-refractivity contribution is 7.15. The Hall–Kier alpha value is -1.63. The van der Waals surface area contributed by atoms with E-state index in [0.29, 0.717) is 17.1 Å². The Balaban J connectivity index is 2.20. The molecule has 0 spiro atoms. The van der Waals surface area contributed by atoms with Crippen molar-refractivity contribution in [1.29, 1.82) is 0 Å². The summed E-state index contributed by atoms with van der Waals surface area (Å²) in [6.07, 6.45) is -0.324. The Kier molecular flexibility index (Phi) is 5.98. The number of nitrogens with one attached hydrogen (secondary N) is 1. The number of alkyl halides is 3. The van der Waals surface area contributed by atoms with Crippen LogP contribution in [0.15, 0.2) is 18.2 Å². The van der Waals surface area contributed by atoms with E-state index in [4.69, 9.17) is 0 Å². The topological polar surface area (TPSA) is 37.8 Å². The third-order valence-electron chi connectivity index (χ3n) is 3.32. The van der Waals surface area contributed by atoms with Crippen LogP contribution in [0.4, 0.5) is 19.1 Å². The fraction of sp³-hybridized carbons (Fsp3) is 0.500. The lowest BCUT2D eigenvalue weighted by atomic mass is 10.2. The first-order valence-corrected chi connectivity index (χ1v) is 8.48. The summed E-state index contributed by atoms with van der Waals surface area (Å²) in [6, 6.07) is 4.66. The molecular weight excluding hydrogens is 323 g/mol. The molecule has 1 N–H and O–H groups in total. The summed E-state index contributed by atoms with van der Waals surface area (Å²) in [7, 11) is 0. The van der Waals surface area contributed by atoms with Crippen LogP contribution in [0.2, 0.25) is 0 Å². The fourth-order valence-corrected chi connectivity index (χ4v) is 2.95. The predicted octanol–water partition coefficient (Wildman–Crippen LogP) is 5.52. The first-order valence-electron chi connectivity index (χ1n) is 7.67. The van der Waals surface area contributed by atoms with Crippen molar-refractivity contribution in [2.75, 3.05) is 11.9 Å². The maximum absolute atomic E-state index is 13.0. The molecule has 0 aliphatic carbocycles. The number of rotatable bonds is 7. The van der Waals surface area contributed by atoms with E-state index in [9.17, 15) is 13.2 Å². The molecule has 0 saturated carbocycles. The molecule has 0 amide bonds. The molecule has 0 radical (unpaired) electrons. The number of hydrogen-bond acceptors (Lipinski definition) is 4. The lowest BCUT2D eigenvalue weighted by Gasteiger charge is -2.11. The van der Waals surface area contributed by atoms with Gasteiger partial charge < -0.3 is 5.32 Å². The van der Waals surface area contributed by atoms with Gasteiger partial charge in [0.2, 0.25) is 5.95 Å². The van der Waals surface area contributed by atoms with Gasteiger partial charge in [-0.3, -0.25) is 0 Å². The highest BCUT2D eigenvalue weighted by Gasteiger charge is 2.33. The zero-order valence-corrected chi connectivity index (χ0v) is 14.0. The van der Waals surface area contributed by atoms with Crippen molar-refractivity contribution in [3.8, 4) is 10.6 Å². The van der Waals surface area contributed by atoms with Crippen LogP contribution in [-0.4, -0.2) is 16.5 Å². The van der Waals surface area contributed by atoms with Crippen LogP contribution >= 0.6 is 11.3 Å². The zero-order chi connectivity index (χ0) is 16.9. The van der Waals surface area contributed by atoms with Crippen LogP contribution in [0.3, 0.4) is 0 Å². The van der Waals surface area contributed by atoms with Gasteiger partial charge >= 0.3 is 6.18 Å². The van der Waals surface area contributed by atoms with E-state index in [1.807, 2.05) is 13.0 Å². The van der Waals surface area contributed by atoms with E-state index in [1.54, 1.807) is 6.07 Å². The monoisotopic (exact) mass is 343 g/mol. The van der Waals surface area contributed by atoms with Gasteiger partial charge in [-0.25, -0.2) is 9.97 Å². The number of thiophene rings is 1. The molecule has 2 aromatic rings. The minimum absolute atomic E-state index is 0.0392. The second kappa shape index (κ2) is 7.77. The highest BCUT2D eigenvalue weighted by Crippen LogP contribution is 2.33. The number of unbranched alkanes of at least 4 members (excludes halogenated alkanes) is 3. The first kappa shape index (κ1) is 17.7. The predicted molar refractivity (Wildman–Crippen MR) is 87.7 cm³/mol. The molecule has 0 unspecified atom stereocenters. The highest BCUT2D eigenvalue weighted by atomic mass is 32.1. The molecule has 2 rings (SSSR count). The number of aryl methyl sites for hydroxylation is 1. The molecule has 0 atom stereocenters. The molecule has 2 heterocycles. The fourth-order valence-electron chi connectivity index (χ4n) is 2.12. The van der Waals surface area contributed by atoms with Crippen molar-refractivity contribution >= 4 is 17.3 Å².